The highest BCUT2D eigenvalue weighted by molar-refractivity contribution is 7.26. The second-order valence-corrected chi connectivity index (χ2v) is 14.7. The molecule has 4 heterocycles. The van der Waals surface area contributed by atoms with Crippen molar-refractivity contribution in [1.29, 1.82) is 0 Å². The Hall–Kier alpha value is -6.62. The van der Waals surface area contributed by atoms with Gasteiger partial charge in [0, 0.05) is 59.2 Å². The second-order valence-electron chi connectivity index (χ2n) is 13.7. The summed E-state index contributed by atoms with van der Waals surface area (Å²) in [6, 6.07) is 61.6. The van der Waals surface area contributed by atoms with E-state index < -0.39 is 0 Å². The number of para-hydroxylation sites is 3. The summed E-state index contributed by atoms with van der Waals surface area (Å²) in [4.78, 5) is 0. The smallest absolute Gasteiger partial charge is 0.160 e. The van der Waals surface area contributed by atoms with Gasteiger partial charge < -0.3 is 13.6 Å². The van der Waals surface area contributed by atoms with E-state index in [1.165, 1.54) is 69.6 Å². The zero-order valence-electron chi connectivity index (χ0n) is 27.9. The standard InChI is InChI=1S/C48H28N2OS/c1-3-11-31(12-4-1)49-41-26-20-29(27-40(41)37-23-25-39-35-16-8-10-18-44(35)52-48(39)46(37)49)30-19-21-33-36-22-24-38-34-15-7-9-17-43(34)51-47(38)45(36)50(42(33)28-30)32-13-5-2-6-14-32/h1-28H. The van der Waals surface area contributed by atoms with Crippen molar-refractivity contribution in [1.82, 2.24) is 9.13 Å². The summed E-state index contributed by atoms with van der Waals surface area (Å²) >= 11 is 1.89. The number of thiophene rings is 1. The third-order valence-corrected chi connectivity index (χ3v) is 12.1. The van der Waals surface area contributed by atoms with Crippen molar-refractivity contribution in [3.63, 3.8) is 0 Å². The fraction of sp³-hybridized carbons (Fsp3) is 0. The summed E-state index contributed by atoms with van der Waals surface area (Å²) in [6.07, 6.45) is 0. The van der Waals surface area contributed by atoms with Crippen LogP contribution < -0.4 is 0 Å². The average Bonchev–Trinajstić information content (AvgIpc) is 3.95. The van der Waals surface area contributed by atoms with Crippen molar-refractivity contribution in [2.24, 2.45) is 0 Å². The third kappa shape index (κ3) is 3.79. The maximum atomic E-state index is 6.63. The van der Waals surface area contributed by atoms with Gasteiger partial charge in [0.25, 0.3) is 0 Å². The Morgan fingerprint density at radius 1 is 0.385 bits per heavy atom. The van der Waals surface area contributed by atoms with Crippen molar-refractivity contribution in [2.45, 2.75) is 0 Å². The van der Waals surface area contributed by atoms with Crippen LogP contribution in [0.5, 0.6) is 0 Å². The predicted molar refractivity (Wildman–Crippen MR) is 221 cm³/mol. The highest BCUT2D eigenvalue weighted by Gasteiger charge is 2.21. The second kappa shape index (κ2) is 10.5. The van der Waals surface area contributed by atoms with E-state index >= 15 is 0 Å². The molecule has 0 spiro atoms. The molecule has 0 aliphatic carbocycles. The quantitative estimate of drug-likeness (QED) is 0.182. The van der Waals surface area contributed by atoms with Crippen LogP contribution in [0.2, 0.25) is 0 Å². The van der Waals surface area contributed by atoms with Crippen LogP contribution in [-0.2, 0) is 0 Å². The van der Waals surface area contributed by atoms with E-state index in [2.05, 4.69) is 173 Å². The van der Waals surface area contributed by atoms with Crippen LogP contribution in [0.25, 0.3) is 108 Å². The topological polar surface area (TPSA) is 23.0 Å². The van der Waals surface area contributed by atoms with Gasteiger partial charge >= 0.3 is 0 Å². The fourth-order valence-electron chi connectivity index (χ4n) is 8.61. The number of nitrogens with zero attached hydrogens (tertiary/aromatic N) is 2. The molecule has 4 heteroatoms. The van der Waals surface area contributed by atoms with Gasteiger partial charge in [-0.15, -0.1) is 11.3 Å². The number of rotatable bonds is 3. The Bertz CT molecular complexity index is 3400. The van der Waals surface area contributed by atoms with Gasteiger partial charge in [-0.05, 0) is 71.8 Å². The van der Waals surface area contributed by atoms with Gasteiger partial charge in [0.15, 0.2) is 5.58 Å². The molecular weight excluding hydrogens is 653 g/mol. The first kappa shape index (κ1) is 28.1. The zero-order valence-corrected chi connectivity index (χ0v) is 28.7. The van der Waals surface area contributed by atoms with Crippen LogP contribution >= 0.6 is 11.3 Å². The van der Waals surface area contributed by atoms with E-state index in [-0.39, 0.29) is 0 Å². The summed E-state index contributed by atoms with van der Waals surface area (Å²) in [5.41, 5.74) is 11.2. The molecule has 0 fully saturated rings. The molecule has 0 radical (unpaired) electrons. The molecular formula is C48H28N2OS. The summed E-state index contributed by atoms with van der Waals surface area (Å²) in [6.45, 7) is 0. The summed E-state index contributed by atoms with van der Waals surface area (Å²) < 4.78 is 14.1. The van der Waals surface area contributed by atoms with E-state index in [1.54, 1.807) is 0 Å². The molecule has 8 aromatic carbocycles. The number of furan rings is 1. The first-order valence-corrected chi connectivity index (χ1v) is 18.5. The molecule has 0 saturated heterocycles. The minimum atomic E-state index is 0.909. The molecule has 242 valence electrons. The molecule has 0 saturated carbocycles. The lowest BCUT2D eigenvalue weighted by atomic mass is 10.0. The van der Waals surface area contributed by atoms with E-state index in [9.17, 15) is 0 Å². The molecule has 12 rings (SSSR count). The number of aromatic nitrogens is 2. The highest BCUT2D eigenvalue weighted by Crippen LogP contribution is 2.45. The highest BCUT2D eigenvalue weighted by atomic mass is 32.1. The van der Waals surface area contributed by atoms with Crippen LogP contribution in [0.1, 0.15) is 0 Å². The summed E-state index contributed by atoms with van der Waals surface area (Å²) in [5.74, 6) is 0. The Balaban J connectivity index is 1.14. The maximum absolute atomic E-state index is 6.63. The van der Waals surface area contributed by atoms with E-state index in [0.29, 0.717) is 0 Å². The van der Waals surface area contributed by atoms with Crippen molar-refractivity contribution in [3.05, 3.63) is 170 Å². The normalized spacial score (nSPS) is 12.2. The van der Waals surface area contributed by atoms with Crippen LogP contribution in [0.15, 0.2) is 174 Å². The number of hydrogen-bond donors (Lipinski definition) is 0. The van der Waals surface area contributed by atoms with E-state index in [0.717, 1.165) is 38.7 Å². The van der Waals surface area contributed by atoms with Crippen molar-refractivity contribution < 1.29 is 4.42 Å². The number of hydrogen-bond acceptors (Lipinski definition) is 2. The summed E-state index contributed by atoms with van der Waals surface area (Å²) in [5, 5.41) is 9.82. The zero-order chi connectivity index (χ0) is 33.9. The summed E-state index contributed by atoms with van der Waals surface area (Å²) in [7, 11) is 0. The minimum Gasteiger partial charge on any atom is -0.454 e. The largest absolute Gasteiger partial charge is 0.454 e. The van der Waals surface area contributed by atoms with Gasteiger partial charge in [0.1, 0.15) is 5.58 Å². The van der Waals surface area contributed by atoms with Crippen LogP contribution in [0.3, 0.4) is 0 Å². The minimum absolute atomic E-state index is 0.909. The predicted octanol–water partition coefficient (Wildman–Crippen LogP) is 13.8. The monoisotopic (exact) mass is 680 g/mol. The number of fused-ring (bicyclic) bond motifs is 14. The lowest BCUT2D eigenvalue weighted by Crippen LogP contribution is -1.94. The number of benzene rings is 8. The Kier molecular flexibility index (Phi) is 5.65. The fourth-order valence-corrected chi connectivity index (χ4v) is 9.85. The van der Waals surface area contributed by atoms with Gasteiger partial charge in [0.2, 0.25) is 0 Å². The molecule has 0 aliphatic rings. The first-order chi connectivity index (χ1) is 25.8. The van der Waals surface area contributed by atoms with Crippen molar-refractivity contribution in [3.8, 4) is 22.5 Å². The third-order valence-electron chi connectivity index (χ3n) is 10.9. The van der Waals surface area contributed by atoms with Crippen molar-refractivity contribution in [2.75, 3.05) is 0 Å². The van der Waals surface area contributed by atoms with Gasteiger partial charge in [-0.2, -0.15) is 0 Å². The first-order valence-electron chi connectivity index (χ1n) is 17.7. The maximum Gasteiger partial charge on any atom is 0.160 e. The molecule has 3 nitrogen and oxygen atoms in total. The van der Waals surface area contributed by atoms with E-state index in [1.807, 2.05) is 17.4 Å². The van der Waals surface area contributed by atoms with Crippen LogP contribution in [-0.4, -0.2) is 9.13 Å². The molecule has 0 amide bonds. The van der Waals surface area contributed by atoms with Gasteiger partial charge in [-0.3, -0.25) is 0 Å². The van der Waals surface area contributed by atoms with Crippen LogP contribution in [0.4, 0.5) is 0 Å². The molecule has 0 N–H and O–H groups in total. The lowest BCUT2D eigenvalue weighted by molar-refractivity contribution is 0.671. The van der Waals surface area contributed by atoms with Gasteiger partial charge in [-0.1, -0.05) is 109 Å². The molecule has 0 aliphatic heterocycles. The van der Waals surface area contributed by atoms with Gasteiger partial charge in [0.05, 0.1) is 26.8 Å². The Labute approximate surface area is 301 Å². The lowest BCUT2D eigenvalue weighted by Gasteiger charge is -2.10. The average molecular weight is 681 g/mol. The molecule has 0 unspecified atom stereocenters. The molecule has 0 bridgehead atoms. The molecule has 4 aromatic heterocycles. The van der Waals surface area contributed by atoms with E-state index in [4.69, 9.17) is 4.42 Å². The Morgan fingerprint density at radius 3 is 1.79 bits per heavy atom. The molecule has 52 heavy (non-hydrogen) atoms. The SMILES string of the molecule is c1ccc(-n2c3cc(-c4ccc5c(c4)c4ccc6c7ccccc7sc6c4n5-c4ccccc4)ccc3c3ccc4c5ccccc5oc4c32)cc1. The molecule has 12 aromatic rings. The molecule has 0 atom stereocenters. The van der Waals surface area contributed by atoms with Crippen LogP contribution in [0, 0.1) is 0 Å². The van der Waals surface area contributed by atoms with Crippen molar-refractivity contribution >= 4 is 97.1 Å². The Morgan fingerprint density at radius 2 is 0.981 bits per heavy atom. The van der Waals surface area contributed by atoms with Gasteiger partial charge in [-0.25, -0.2) is 0 Å².